The highest BCUT2D eigenvalue weighted by Crippen LogP contribution is 2.16. The van der Waals surface area contributed by atoms with Crippen LogP contribution in [0.3, 0.4) is 0 Å². The number of methoxy groups -OCH3 is 1. The third kappa shape index (κ3) is 4.02. The van der Waals surface area contributed by atoms with Crippen LogP contribution in [0.5, 0.6) is 5.88 Å². The first-order valence-electron chi connectivity index (χ1n) is 4.89. The lowest BCUT2D eigenvalue weighted by molar-refractivity contribution is -0.116. The number of carbonyl (C=O) groups excluding carboxylic acids is 1. The van der Waals surface area contributed by atoms with Gasteiger partial charge in [-0.3, -0.25) is 10.1 Å². The second-order valence-electron chi connectivity index (χ2n) is 3.70. The van der Waals surface area contributed by atoms with Crippen LogP contribution in [0.25, 0.3) is 0 Å². The lowest BCUT2D eigenvalue weighted by Gasteiger charge is -2.07. The van der Waals surface area contributed by atoms with E-state index in [-0.39, 0.29) is 22.9 Å². The van der Waals surface area contributed by atoms with Crippen LogP contribution in [0.15, 0.2) is 6.07 Å². The van der Waals surface area contributed by atoms with Crippen molar-refractivity contribution in [2.45, 2.75) is 20.3 Å². The standard InChI is InChI=1S/C10H14ClN3O2/c1-6(2)4-8(15)13-10-12-7(11)5-9(14-10)16-3/h5-6H,4H2,1-3H3,(H,12,13,14,15). The Labute approximate surface area is 99.2 Å². The molecule has 88 valence electrons. The lowest BCUT2D eigenvalue weighted by atomic mass is 10.1. The van der Waals surface area contributed by atoms with Gasteiger partial charge in [0.05, 0.1) is 7.11 Å². The third-order valence-corrected chi connectivity index (χ3v) is 1.92. The van der Waals surface area contributed by atoms with E-state index in [1.165, 1.54) is 13.2 Å². The highest BCUT2D eigenvalue weighted by atomic mass is 35.5. The van der Waals surface area contributed by atoms with Crippen LogP contribution in [-0.2, 0) is 4.79 Å². The molecule has 0 spiro atoms. The summed E-state index contributed by atoms with van der Waals surface area (Å²) >= 11 is 5.74. The molecule has 0 bridgehead atoms. The minimum atomic E-state index is -0.140. The summed E-state index contributed by atoms with van der Waals surface area (Å²) in [5.41, 5.74) is 0. The molecule has 0 saturated carbocycles. The van der Waals surface area contributed by atoms with Crippen LogP contribution in [0.2, 0.25) is 5.15 Å². The fourth-order valence-electron chi connectivity index (χ4n) is 1.10. The molecule has 0 radical (unpaired) electrons. The number of aromatic nitrogens is 2. The van der Waals surface area contributed by atoms with Crippen molar-refractivity contribution in [1.82, 2.24) is 9.97 Å². The number of halogens is 1. The second-order valence-corrected chi connectivity index (χ2v) is 4.09. The van der Waals surface area contributed by atoms with Crippen molar-refractivity contribution in [2.75, 3.05) is 12.4 Å². The average Bonchev–Trinajstić information content (AvgIpc) is 2.14. The minimum absolute atomic E-state index is 0.140. The van der Waals surface area contributed by atoms with Gasteiger partial charge in [0.2, 0.25) is 17.7 Å². The van der Waals surface area contributed by atoms with Gasteiger partial charge in [-0.25, -0.2) is 4.98 Å². The summed E-state index contributed by atoms with van der Waals surface area (Å²) in [5.74, 6) is 0.621. The van der Waals surface area contributed by atoms with E-state index >= 15 is 0 Å². The number of rotatable bonds is 4. The molecule has 0 aromatic carbocycles. The highest BCUT2D eigenvalue weighted by molar-refractivity contribution is 6.29. The van der Waals surface area contributed by atoms with E-state index in [0.29, 0.717) is 12.3 Å². The number of carbonyl (C=O) groups is 1. The predicted molar refractivity (Wildman–Crippen MR) is 61.7 cm³/mol. The summed E-state index contributed by atoms with van der Waals surface area (Å²) in [6.07, 6.45) is 0.415. The van der Waals surface area contributed by atoms with Gasteiger partial charge in [0.1, 0.15) is 5.15 Å². The van der Waals surface area contributed by atoms with Gasteiger partial charge in [-0.2, -0.15) is 4.98 Å². The molecule has 1 heterocycles. The van der Waals surface area contributed by atoms with Crippen LogP contribution in [0, 0.1) is 5.92 Å². The van der Waals surface area contributed by atoms with E-state index in [9.17, 15) is 4.79 Å². The topological polar surface area (TPSA) is 64.1 Å². The summed E-state index contributed by atoms with van der Waals surface area (Å²) in [6.45, 7) is 3.91. The number of nitrogens with one attached hydrogen (secondary N) is 1. The maximum Gasteiger partial charge on any atom is 0.234 e. The Bertz CT molecular complexity index is 382. The average molecular weight is 244 g/mol. The maximum absolute atomic E-state index is 11.5. The Kier molecular flexibility index (Phi) is 4.49. The molecule has 0 fully saturated rings. The molecule has 5 nitrogen and oxygen atoms in total. The Hall–Kier alpha value is -1.36. The third-order valence-electron chi connectivity index (χ3n) is 1.73. The molecule has 1 amide bonds. The Morgan fingerprint density at radius 2 is 2.25 bits per heavy atom. The highest BCUT2D eigenvalue weighted by Gasteiger charge is 2.09. The summed E-state index contributed by atoms with van der Waals surface area (Å²) in [6, 6.07) is 1.47. The largest absolute Gasteiger partial charge is 0.481 e. The summed E-state index contributed by atoms with van der Waals surface area (Å²) in [4.78, 5) is 19.3. The minimum Gasteiger partial charge on any atom is -0.481 e. The van der Waals surface area contributed by atoms with Gasteiger partial charge >= 0.3 is 0 Å². The van der Waals surface area contributed by atoms with E-state index < -0.39 is 0 Å². The Morgan fingerprint density at radius 1 is 1.56 bits per heavy atom. The van der Waals surface area contributed by atoms with E-state index in [2.05, 4.69) is 15.3 Å². The zero-order valence-corrected chi connectivity index (χ0v) is 10.2. The molecular weight excluding hydrogens is 230 g/mol. The molecular formula is C10H14ClN3O2. The molecule has 0 aliphatic rings. The van der Waals surface area contributed by atoms with Gasteiger partial charge in [0.25, 0.3) is 0 Å². The molecule has 0 saturated heterocycles. The van der Waals surface area contributed by atoms with Crippen molar-refractivity contribution >= 4 is 23.5 Å². The van der Waals surface area contributed by atoms with E-state index in [1.54, 1.807) is 0 Å². The summed E-state index contributed by atoms with van der Waals surface area (Å²) in [5, 5.41) is 2.79. The number of anilines is 1. The Morgan fingerprint density at radius 3 is 2.81 bits per heavy atom. The van der Waals surface area contributed by atoms with Crippen molar-refractivity contribution < 1.29 is 9.53 Å². The first kappa shape index (κ1) is 12.7. The zero-order chi connectivity index (χ0) is 12.1. The van der Waals surface area contributed by atoms with E-state index in [4.69, 9.17) is 16.3 Å². The fourth-order valence-corrected chi connectivity index (χ4v) is 1.28. The monoisotopic (exact) mass is 243 g/mol. The second kappa shape index (κ2) is 5.65. The van der Waals surface area contributed by atoms with Crippen LogP contribution in [0.4, 0.5) is 5.95 Å². The molecule has 6 heteroatoms. The Balaban J connectivity index is 2.73. The molecule has 1 aromatic rings. The molecule has 0 atom stereocenters. The summed E-state index contributed by atoms with van der Waals surface area (Å²) < 4.78 is 4.91. The van der Waals surface area contributed by atoms with Crippen molar-refractivity contribution in [1.29, 1.82) is 0 Å². The number of ether oxygens (including phenoxy) is 1. The van der Waals surface area contributed by atoms with Gasteiger partial charge in [-0.05, 0) is 5.92 Å². The first-order chi connectivity index (χ1) is 7.51. The van der Waals surface area contributed by atoms with Crippen LogP contribution in [-0.4, -0.2) is 23.0 Å². The summed E-state index contributed by atoms with van der Waals surface area (Å²) in [7, 11) is 1.47. The van der Waals surface area contributed by atoms with Crippen LogP contribution in [0.1, 0.15) is 20.3 Å². The molecule has 0 aliphatic carbocycles. The van der Waals surface area contributed by atoms with Crippen molar-refractivity contribution in [3.05, 3.63) is 11.2 Å². The normalized spacial score (nSPS) is 10.3. The fraction of sp³-hybridized carbons (Fsp3) is 0.500. The molecule has 0 unspecified atom stereocenters. The number of hydrogen-bond acceptors (Lipinski definition) is 4. The van der Waals surface area contributed by atoms with Crippen molar-refractivity contribution in [2.24, 2.45) is 5.92 Å². The predicted octanol–water partition coefficient (Wildman–Crippen LogP) is 2.12. The molecule has 1 rings (SSSR count). The molecule has 1 aromatic heterocycles. The van der Waals surface area contributed by atoms with Crippen molar-refractivity contribution in [3.8, 4) is 5.88 Å². The smallest absolute Gasteiger partial charge is 0.234 e. The van der Waals surface area contributed by atoms with Gasteiger partial charge < -0.3 is 4.74 Å². The molecule has 0 aliphatic heterocycles. The van der Waals surface area contributed by atoms with Crippen LogP contribution < -0.4 is 10.1 Å². The van der Waals surface area contributed by atoms with E-state index in [1.807, 2.05) is 13.8 Å². The number of nitrogens with zero attached hydrogens (tertiary/aromatic N) is 2. The van der Waals surface area contributed by atoms with E-state index in [0.717, 1.165) is 0 Å². The maximum atomic E-state index is 11.5. The molecule has 16 heavy (non-hydrogen) atoms. The quantitative estimate of drug-likeness (QED) is 0.823. The van der Waals surface area contributed by atoms with Gasteiger partial charge in [0, 0.05) is 12.5 Å². The first-order valence-corrected chi connectivity index (χ1v) is 5.27. The van der Waals surface area contributed by atoms with Gasteiger partial charge in [-0.1, -0.05) is 25.4 Å². The van der Waals surface area contributed by atoms with Gasteiger partial charge in [0.15, 0.2) is 0 Å². The SMILES string of the molecule is COc1cc(Cl)nc(NC(=O)CC(C)C)n1. The number of amides is 1. The number of hydrogen-bond donors (Lipinski definition) is 1. The van der Waals surface area contributed by atoms with Gasteiger partial charge in [-0.15, -0.1) is 0 Å². The lowest BCUT2D eigenvalue weighted by Crippen LogP contribution is -2.16. The zero-order valence-electron chi connectivity index (χ0n) is 9.45. The van der Waals surface area contributed by atoms with Crippen molar-refractivity contribution in [3.63, 3.8) is 0 Å². The molecule has 1 N–H and O–H groups in total. The van der Waals surface area contributed by atoms with Crippen LogP contribution >= 0.6 is 11.6 Å².